The molecule has 1 amide bonds. The molecule has 1 aromatic carbocycles. The Bertz CT molecular complexity index is 551. The van der Waals surface area contributed by atoms with Crippen molar-refractivity contribution in [1.29, 1.82) is 0 Å². The Morgan fingerprint density at radius 2 is 2.17 bits per heavy atom. The fraction of sp³-hybridized carbons (Fsp3) is 0.231. The summed E-state index contributed by atoms with van der Waals surface area (Å²) in [7, 11) is 1.80. The molecule has 0 saturated carbocycles. The predicted octanol–water partition coefficient (Wildman–Crippen LogP) is 2.64. The van der Waals surface area contributed by atoms with Gasteiger partial charge >= 0.3 is 0 Å². The third kappa shape index (κ3) is 3.34. The molecule has 2 rings (SSSR count). The van der Waals surface area contributed by atoms with Crippen LogP contribution >= 0.6 is 11.6 Å². The van der Waals surface area contributed by atoms with Crippen LogP contribution in [0.2, 0.25) is 5.02 Å². The Labute approximate surface area is 111 Å². The lowest BCUT2D eigenvalue weighted by Crippen LogP contribution is -2.13. The van der Waals surface area contributed by atoms with E-state index in [-0.39, 0.29) is 5.91 Å². The number of hydrogen-bond donors (Lipinski definition) is 1. The molecule has 1 N–H and O–H groups in total. The molecule has 0 spiro atoms. The monoisotopic (exact) mass is 263 g/mol. The number of aromatic nitrogens is 2. The molecule has 0 atom stereocenters. The average Bonchev–Trinajstić information content (AvgIpc) is 2.74. The van der Waals surface area contributed by atoms with Gasteiger partial charge in [0.05, 0.1) is 0 Å². The van der Waals surface area contributed by atoms with Gasteiger partial charge < -0.3 is 5.32 Å². The first-order chi connectivity index (χ1) is 8.65. The van der Waals surface area contributed by atoms with E-state index >= 15 is 0 Å². The SMILES string of the molecule is Cn1ccc(NC(=O)CCc2ccccc2Cl)n1. The molecule has 0 bridgehead atoms. The number of hydrogen-bond acceptors (Lipinski definition) is 2. The van der Waals surface area contributed by atoms with Crippen LogP contribution < -0.4 is 5.32 Å². The number of halogens is 1. The first-order valence-corrected chi connectivity index (χ1v) is 6.06. The predicted molar refractivity (Wildman–Crippen MR) is 71.6 cm³/mol. The minimum Gasteiger partial charge on any atom is -0.309 e. The number of amides is 1. The van der Waals surface area contributed by atoms with Gasteiger partial charge in [0.2, 0.25) is 5.91 Å². The second-order valence-corrected chi connectivity index (χ2v) is 4.42. The normalized spacial score (nSPS) is 10.3. The number of anilines is 1. The van der Waals surface area contributed by atoms with Crippen molar-refractivity contribution in [2.24, 2.45) is 7.05 Å². The smallest absolute Gasteiger partial charge is 0.225 e. The summed E-state index contributed by atoms with van der Waals surface area (Å²) in [6.45, 7) is 0. The summed E-state index contributed by atoms with van der Waals surface area (Å²) in [6, 6.07) is 9.30. The summed E-state index contributed by atoms with van der Waals surface area (Å²) in [5, 5.41) is 7.52. The molecule has 94 valence electrons. The number of nitrogens with zero attached hydrogens (tertiary/aromatic N) is 2. The Morgan fingerprint density at radius 3 is 2.83 bits per heavy atom. The van der Waals surface area contributed by atoms with Gasteiger partial charge in [0, 0.05) is 30.8 Å². The molecule has 0 fully saturated rings. The Hall–Kier alpha value is -1.81. The largest absolute Gasteiger partial charge is 0.309 e. The number of carbonyl (C=O) groups excluding carboxylic acids is 1. The van der Waals surface area contributed by atoms with Crippen LogP contribution in [0.5, 0.6) is 0 Å². The zero-order valence-electron chi connectivity index (χ0n) is 10.1. The molecular weight excluding hydrogens is 250 g/mol. The van der Waals surface area contributed by atoms with Crippen molar-refractivity contribution in [1.82, 2.24) is 9.78 Å². The maximum atomic E-state index is 11.7. The van der Waals surface area contributed by atoms with Crippen LogP contribution in [-0.4, -0.2) is 15.7 Å². The summed E-state index contributed by atoms with van der Waals surface area (Å²) in [5.74, 6) is 0.510. The zero-order valence-corrected chi connectivity index (χ0v) is 10.8. The molecule has 1 aromatic heterocycles. The van der Waals surface area contributed by atoms with Crippen molar-refractivity contribution in [2.45, 2.75) is 12.8 Å². The molecule has 0 aliphatic carbocycles. The molecule has 4 nitrogen and oxygen atoms in total. The van der Waals surface area contributed by atoms with E-state index in [1.807, 2.05) is 24.3 Å². The lowest BCUT2D eigenvalue weighted by molar-refractivity contribution is -0.116. The molecule has 18 heavy (non-hydrogen) atoms. The van der Waals surface area contributed by atoms with Gasteiger partial charge in [-0.25, -0.2) is 0 Å². The molecule has 0 saturated heterocycles. The van der Waals surface area contributed by atoms with Gasteiger partial charge in [0.25, 0.3) is 0 Å². The van der Waals surface area contributed by atoms with Crippen molar-refractivity contribution in [3.8, 4) is 0 Å². The van der Waals surface area contributed by atoms with Crippen LogP contribution in [0.4, 0.5) is 5.82 Å². The highest BCUT2D eigenvalue weighted by molar-refractivity contribution is 6.31. The molecular formula is C13H14ClN3O. The number of carbonyl (C=O) groups is 1. The van der Waals surface area contributed by atoms with Crippen LogP contribution in [0.25, 0.3) is 0 Å². The van der Waals surface area contributed by atoms with Crippen molar-refractivity contribution in [3.05, 3.63) is 47.1 Å². The van der Waals surface area contributed by atoms with E-state index < -0.39 is 0 Å². The number of aryl methyl sites for hydroxylation is 2. The standard InChI is InChI=1S/C13H14ClN3O/c1-17-9-8-12(16-17)15-13(18)7-6-10-4-2-3-5-11(10)14/h2-5,8-9H,6-7H2,1H3,(H,15,16,18). The summed E-state index contributed by atoms with van der Waals surface area (Å²) in [6.07, 6.45) is 2.79. The van der Waals surface area contributed by atoms with Crippen molar-refractivity contribution in [3.63, 3.8) is 0 Å². The highest BCUT2D eigenvalue weighted by atomic mass is 35.5. The van der Waals surface area contributed by atoms with Crippen LogP contribution in [0.3, 0.4) is 0 Å². The van der Waals surface area contributed by atoms with Crippen molar-refractivity contribution < 1.29 is 4.79 Å². The van der Waals surface area contributed by atoms with Crippen molar-refractivity contribution >= 4 is 23.3 Å². The van der Waals surface area contributed by atoms with Gasteiger partial charge in [-0.1, -0.05) is 29.8 Å². The van der Waals surface area contributed by atoms with Gasteiger partial charge in [-0.05, 0) is 18.1 Å². The molecule has 0 unspecified atom stereocenters. The fourth-order valence-electron chi connectivity index (χ4n) is 1.64. The summed E-state index contributed by atoms with van der Waals surface area (Å²) < 4.78 is 1.64. The van der Waals surface area contributed by atoms with Gasteiger partial charge in [-0.3, -0.25) is 9.48 Å². The van der Waals surface area contributed by atoms with Crippen LogP contribution in [0, 0.1) is 0 Å². The number of nitrogens with one attached hydrogen (secondary N) is 1. The van der Waals surface area contributed by atoms with E-state index in [0.29, 0.717) is 23.7 Å². The number of rotatable bonds is 4. The van der Waals surface area contributed by atoms with Crippen LogP contribution in [0.1, 0.15) is 12.0 Å². The van der Waals surface area contributed by atoms with Crippen molar-refractivity contribution in [2.75, 3.05) is 5.32 Å². The van der Waals surface area contributed by atoms with E-state index in [1.165, 1.54) is 0 Å². The molecule has 0 aliphatic heterocycles. The Balaban J connectivity index is 1.87. The first-order valence-electron chi connectivity index (χ1n) is 5.68. The van der Waals surface area contributed by atoms with Gasteiger partial charge in [0.1, 0.15) is 0 Å². The summed E-state index contributed by atoms with van der Waals surface area (Å²) in [5.41, 5.74) is 0.982. The van der Waals surface area contributed by atoms with E-state index in [9.17, 15) is 4.79 Å². The molecule has 5 heteroatoms. The third-order valence-electron chi connectivity index (χ3n) is 2.56. The second kappa shape index (κ2) is 5.69. The van der Waals surface area contributed by atoms with E-state index in [4.69, 9.17) is 11.6 Å². The van der Waals surface area contributed by atoms with Crippen LogP contribution in [0.15, 0.2) is 36.5 Å². The molecule has 0 radical (unpaired) electrons. The molecule has 1 heterocycles. The van der Waals surface area contributed by atoms with E-state index in [2.05, 4.69) is 10.4 Å². The Morgan fingerprint density at radius 1 is 1.39 bits per heavy atom. The van der Waals surface area contributed by atoms with E-state index in [0.717, 1.165) is 5.56 Å². The quantitative estimate of drug-likeness (QED) is 0.922. The first kappa shape index (κ1) is 12.6. The Kier molecular flexibility index (Phi) is 3.99. The highest BCUT2D eigenvalue weighted by Gasteiger charge is 2.06. The topological polar surface area (TPSA) is 46.9 Å². The molecule has 0 aliphatic rings. The second-order valence-electron chi connectivity index (χ2n) is 4.01. The minimum atomic E-state index is -0.0615. The highest BCUT2D eigenvalue weighted by Crippen LogP contribution is 2.16. The lowest BCUT2D eigenvalue weighted by Gasteiger charge is -2.04. The van der Waals surface area contributed by atoms with Crippen LogP contribution in [-0.2, 0) is 18.3 Å². The third-order valence-corrected chi connectivity index (χ3v) is 2.93. The maximum absolute atomic E-state index is 11.7. The zero-order chi connectivity index (χ0) is 13.0. The minimum absolute atomic E-state index is 0.0615. The summed E-state index contributed by atoms with van der Waals surface area (Å²) in [4.78, 5) is 11.7. The molecule has 2 aromatic rings. The summed E-state index contributed by atoms with van der Waals surface area (Å²) >= 11 is 6.02. The number of benzene rings is 1. The lowest BCUT2D eigenvalue weighted by atomic mass is 10.1. The van der Waals surface area contributed by atoms with Gasteiger partial charge in [-0.2, -0.15) is 5.10 Å². The van der Waals surface area contributed by atoms with E-state index in [1.54, 1.807) is 24.0 Å². The fourth-order valence-corrected chi connectivity index (χ4v) is 1.87. The maximum Gasteiger partial charge on any atom is 0.225 e. The average molecular weight is 264 g/mol. The van der Waals surface area contributed by atoms with Gasteiger partial charge in [-0.15, -0.1) is 0 Å². The van der Waals surface area contributed by atoms with Gasteiger partial charge in [0.15, 0.2) is 5.82 Å².